The maximum absolute atomic E-state index is 14.0. The summed E-state index contributed by atoms with van der Waals surface area (Å²) in [4.78, 5) is 14.7. The summed E-state index contributed by atoms with van der Waals surface area (Å²) in [7, 11) is 2.69. The van der Waals surface area contributed by atoms with Crippen LogP contribution < -0.4 is 20.7 Å². The van der Waals surface area contributed by atoms with Crippen LogP contribution in [0.25, 0.3) is 11.6 Å². The molecule has 2 amide bonds. The summed E-state index contributed by atoms with van der Waals surface area (Å²) < 4.78 is 20.1. The number of amides is 2. The summed E-state index contributed by atoms with van der Waals surface area (Å²) in [5.74, 6) is 0.486. The van der Waals surface area contributed by atoms with E-state index < -0.39 is 0 Å². The lowest BCUT2D eigenvalue weighted by Gasteiger charge is -2.33. The molecule has 2 N–H and O–H groups in total. The molecule has 3 aromatic rings. The highest BCUT2D eigenvalue weighted by Crippen LogP contribution is 2.38. The van der Waals surface area contributed by atoms with Crippen LogP contribution in [0.3, 0.4) is 0 Å². The molecule has 34 heavy (non-hydrogen) atoms. The molecule has 1 fully saturated rings. The van der Waals surface area contributed by atoms with E-state index in [1.807, 2.05) is 35.2 Å². The quantitative estimate of drug-likeness (QED) is 0.539. The molecule has 0 saturated carbocycles. The van der Waals surface area contributed by atoms with Crippen LogP contribution in [-0.2, 0) is 13.2 Å². The van der Waals surface area contributed by atoms with Crippen molar-refractivity contribution in [2.45, 2.75) is 25.6 Å². The van der Waals surface area contributed by atoms with Gasteiger partial charge in [0, 0.05) is 35.9 Å². The second kappa shape index (κ2) is 8.53. The van der Waals surface area contributed by atoms with Gasteiger partial charge in [-0.3, -0.25) is 0 Å². The summed E-state index contributed by atoms with van der Waals surface area (Å²) >= 11 is 0. The van der Waals surface area contributed by atoms with E-state index in [-0.39, 0.29) is 17.9 Å². The van der Waals surface area contributed by atoms with Crippen molar-refractivity contribution in [1.82, 2.24) is 10.2 Å². The predicted octanol–water partition coefficient (Wildman–Crippen LogP) is 4.52. The number of fused-ring (bicyclic) bond motifs is 3. The van der Waals surface area contributed by atoms with Crippen LogP contribution >= 0.6 is 9.24 Å². The molecule has 3 heterocycles. The van der Waals surface area contributed by atoms with E-state index in [0.29, 0.717) is 13.2 Å². The summed E-state index contributed by atoms with van der Waals surface area (Å²) in [5, 5.41) is 7.44. The second-order valence-corrected chi connectivity index (χ2v) is 9.69. The van der Waals surface area contributed by atoms with Gasteiger partial charge in [-0.15, -0.1) is 9.24 Å². The Kier molecular flexibility index (Phi) is 5.35. The van der Waals surface area contributed by atoms with Crippen molar-refractivity contribution in [3.8, 4) is 5.75 Å². The number of ether oxygens (including phenoxy) is 1. The first kappa shape index (κ1) is 21.3. The molecule has 3 aromatic carbocycles. The first-order valence-electron chi connectivity index (χ1n) is 11.5. The summed E-state index contributed by atoms with van der Waals surface area (Å²) in [5.41, 5.74) is 6.58. The fourth-order valence-electron chi connectivity index (χ4n) is 5.03. The molecule has 0 radical (unpaired) electrons. The molecule has 0 spiro atoms. The number of rotatable bonds is 2. The summed E-state index contributed by atoms with van der Waals surface area (Å²) in [6.07, 6.45) is 3.07. The molecule has 2 atom stereocenters. The Hall–Kier alpha value is -3.21. The first-order valence-corrected chi connectivity index (χ1v) is 12.1. The number of anilines is 1. The Morgan fingerprint density at radius 2 is 1.94 bits per heavy atom. The zero-order chi connectivity index (χ0) is 23.2. The average Bonchev–Trinajstić information content (AvgIpc) is 3.31. The van der Waals surface area contributed by atoms with Crippen molar-refractivity contribution < 1.29 is 13.9 Å². The van der Waals surface area contributed by atoms with E-state index in [2.05, 4.69) is 38.1 Å². The number of nitrogens with zero attached hydrogens (tertiary/aromatic N) is 1. The third kappa shape index (κ3) is 3.87. The van der Waals surface area contributed by atoms with Crippen molar-refractivity contribution in [2.75, 3.05) is 18.4 Å². The zero-order valence-electron chi connectivity index (χ0n) is 18.6. The highest BCUT2D eigenvalue weighted by atomic mass is 31.0. The largest absolute Gasteiger partial charge is 0.488 e. The van der Waals surface area contributed by atoms with Crippen LogP contribution in [0.5, 0.6) is 5.75 Å². The third-order valence-corrected chi connectivity index (χ3v) is 7.16. The van der Waals surface area contributed by atoms with Crippen LogP contribution in [0.15, 0.2) is 54.6 Å². The lowest BCUT2D eigenvalue weighted by atomic mass is 9.92. The molecule has 3 aliphatic rings. The average molecular weight is 473 g/mol. The predicted molar refractivity (Wildman–Crippen MR) is 136 cm³/mol. The molecule has 5 nitrogen and oxygen atoms in total. The first-order chi connectivity index (χ1) is 16.5. The van der Waals surface area contributed by atoms with Gasteiger partial charge in [0.05, 0.1) is 0 Å². The molecule has 0 aliphatic carbocycles. The van der Waals surface area contributed by atoms with Crippen LogP contribution in [0.2, 0.25) is 0 Å². The molecule has 0 aromatic heterocycles. The number of nitrogens with one attached hydrogen (secondary N) is 2. The maximum atomic E-state index is 14.0. The number of halogens is 1. The number of carbonyl (C=O) groups excluding carboxylic acids is 1. The molecule has 1 saturated heterocycles. The zero-order valence-corrected chi connectivity index (χ0v) is 19.8. The van der Waals surface area contributed by atoms with Gasteiger partial charge in [-0.05, 0) is 70.9 Å². The van der Waals surface area contributed by atoms with E-state index in [1.165, 1.54) is 12.1 Å². The maximum Gasteiger partial charge on any atom is 0.322 e. The van der Waals surface area contributed by atoms with Gasteiger partial charge in [0.25, 0.3) is 0 Å². The van der Waals surface area contributed by atoms with Gasteiger partial charge in [-0.25, -0.2) is 9.18 Å². The molecule has 6 rings (SSSR count). The van der Waals surface area contributed by atoms with E-state index >= 15 is 0 Å². The lowest BCUT2D eigenvalue weighted by Crippen LogP contribution is -2.46. The molecule has 172 valence electrons. The van der Waals surface area contributed by atoms with Gasteiger partial charge in [0.15, 0.2) is 0 Å². The van der Waals surface area contributed by atoms with E-state index in [9.17, 15) is 9.18 Å². The third-order valence-electron chi connectivity index (χ3n) is 6.80. The summed E-state index contributed by atoms with van der Waals surface area (Å²) in [6, 6.07) is 17.2. The van der Waals surface area contributed by atoms with Gasteiger partial charge < -0.3 is 20.3 Å². The molecule has 0 bridgehead atoms. The van der Waals surface area contributed by atoms with Crippen molar-refractivity contribution in [2.24, 2.45) is 0 Å². The van der Waals surface area contributed by atoms with Crippen molar-refractivity contribution >= 4 is 37.9 Å². The van der Waals surface area contributed by atoms with Crippen molar-refractivity contribution in [3.63, 3.8) is 0 Å². The Balaban J connectivity index is 1.41. The Labute approximate surface area is 200 Å². The highest BCUT2D eigenvalue weighted by Gasteiger charge is 2.30. The van der Waals surface area contributed by atoms with Gasteiger partial charge in [-0.2, -0.15) is 0 Å². The standard InChI is InChI=1S/C27H25FN3O2P/c28-19-3-5-22-18(11-19)15-33-26-12-21(34)4-6-23(26)24(22)9-16-1-2-17-14-31(20-7-8-29-13-20)27(32)30-25(17)10-16/h1-6,9-12,20,29H,7-8,13-15,34H2,(H,30,32)/b24-9+. The Morgan fingerprint density at radius 3 is 2.79 bits per heavy atom. The minimum absolute atomic E-state index is 0.0481. The number of urea groups is 1. The number of hydrogen-bond acceptors (Lipinski definition) is 3. The molecule has 2 unspecified atom stereocenters. The normalized spacial score (nSPS) is 20.2. The molecule has 3 aliphatic heterocycles. The monoisotopic (exact) mass is 473 g/mol. The number of benzene rings is 3. The van der Waals surface area contributed by atoms with Gasteiger partial charge in [0.2, 0.25) is 0 Å². The van der Waals surface area contributed by atoms with Crippen molar-refractivity contribution in [3.05, 3.63) is 88.2 Å². The summed E-state index contributed by atoms with van der Waals surface area (Å²) in [6.45, 7) is 2.70. The smallest absolute Gasteiger partial charge is 0.322 e. The second-order valence-electron chi connectivity index (χ2n) is 9.03. The lowest BCUT2D eigenvalue weighted by molar-refractivity contribution is 0.186. The topological polar surface area (TPSA) is 53.6 Å². The molecular weight excluding hydrogens is 448 g/mol. The van der Waals surface area contributed by atoms with E-state index in [1.54, 1.807) is 0 Å². The van der Waals surface area contributed by atoms with Crippen LogP contribution in [0.1, 0.15) is 34.2 Å². The van der Waals surface area contributed by atoms with Crippen LogP contribution in [-0.4, -0.2) is 30.1 Å². The minimum Gasteiger partial charge on any atom is -0.488 e. The van der Waals surface area contributed by atoms with Crippen LogP contribution in [0.4, 0.5) is 14.9 Å². The fraction of sp³-hybridized carbons (Fsp3) is 0.222. The van der Waals surface area contributed by atoms with Crippen LogP contribution in [0, 0.1) is 5.82 Å². The number of hydrogen-bond donors (Lipinski definition) is 2. The SMILES string of the molecule is O=C1Nc2cc(/C=C3\c4ccc(F)cc4COc4cc(P)ccc43)ccc2CN1C1CCNC1. The number of carbonyl (C=O) groups is 1. The van der Waals surface area contributed by atoms with Gasteiger partial charge in [-0.1, -0.05) is 30.3 Å². The molecular formula is C27H25FN3O2P. The Morgan fingerprint density at radius 1 is 1.06 bits per heavy atom. The van der Waals surface area contributed by atoms with Gasteiger partial charge >= 0.3 is 6.03 Å². The van der Waals surface area contributed by atoms with Crippen molar-refractivity contribution in [1.29, 1.82) is 0 Å². The van der Waals surface area contributed by atoms with Gasteiger partial charge in [0.1, 0.15) is 18.2 Å². The highest BCUT2D eigenvalue weighted by molar-refractivity contribution is 7.27. The fourth-order valence-corrected chi connectivity index (χ4v) is 5.28. The molecule has 7 heteroatoms. The Bertz CT molecular complexity index is 1280. The minimum atomic E-state index is -0.280. The van der Waals surface area contributed by atoms with E-state index in [0.717, 1.165) is 69.6 Å². The van der Waals surface area contributed by atoms with E-state index in [4.69, 9.17) is 4.74 Å².